The molecule has 2 aromatic rings. The van der Waals surface area contributed by atoms with E-state index in [9.17, 15) is 0 Å². The number of nitriles is 2. The minimum atomic E-state index is 0.0164. The van der Waals surface area contributed by atoms with Gasteiger partial charge in [0, 0.05) is 11.5 Å². The maximum Gasteiger partial charge on any atom is 0.0991 e. The van der Waals surface area contributed by atoms with E-state index < -0.39 is 0 Å². The molecule has 2 rings (SSSR count). The fourth-order valence-electron chi connectivity index (χ4n) is 8.03. The van der Waals surface area contributed by atoms with Gasteiger partial charge in [0.2, 0.25) is 0 Å². The van der Waals surface area contributed by atoms with Crippen LogP contribution in [0.15, 0.2) is 48.5 Å². The smallest absolute Gasteiger partial charge is 0.0991 e. The summed E-state index contributed by atoms with van der Waals surface area (Å²) in [5.74, 6) is 1.84. The summed E-state index contributed by atoms with van der Waals surface area (Å²) in [5.41, 5.74) is 3.83. The Labute approximate surface area is 658 Å². The van der Waals surface area contributed by atoms with Crippen molar-refractivity contribution in [1.82, 2.24) is 0 Å². The van der Waals surface area contributed by atoms with Crippen LogP contribution in [0.5, 0.6) is 0 Å². The highest BCUT2D eigenvalue weighted by Gasteiger charge is 2.04. The maximum absolute atomic E-state index is 8.72. The molecule has 0 saturated heterocycles. The van der Waals surface area contributed by atoms with Gasteiger partial charge in [0.05, 0.1) is 420 Å². The molecule has 34 heteroatoms. The predicted octanol–water partition coefficient (Wildman–Crippen LogP) is 3.32. The minimum absolute atomic E-state index is 0.0164. The van der Waals surface area contributed by atoms with Gasteiger partial charge in [-0.3, -0.25) is 0 Å². The number of thioether (sulfide) groups is 1. The zero-order chi connectivity index (χ0) is 78.4. The highest BCUT2D eigenvalue weighted by molar-refractivity contribution is 7.97. The van der Waals surface area contributed by atoms with Crippen LogP contribution in [-0.2, 0) is 149 Å². The zero-order valence-electron chi connectivity index (χ0n) is 65.5. The van der Waals surface area contributed by atoms with Crippen LogP contribution in [-0.4, -0.2) is 407 Å². The van der Waals surface area contributed by atoms with Crippen LogP contribution in [0, 0.1) is 22.7 Å². The highest BCUT2D eigenvalue weighted by atomic mass is 32.2. The summed E-state index contributed by atoms with van der Waals surface area (Å²) < 4.78 is 158. The maximum atomic E-state index is 8.72. The van der Waals surface area contributed by atoms with Crippen LogP contribution in [0.2, 0.25) is 0 Å². The Morgan fingerprint density at radius 2 is 0.273 bits per heavy atom. The van der Waals surface area contributed by atoms with Crippen molar-refractivity contribution in [3.05, 3.63) is 70.8 Å². The normalized spacial score (nSPS) is 11.4. The van der Waals surface area contributed by atoms with Crippen LogP contribution in [0.4, 0.5) is 0 Å². The third kappa shape index (κ3) is 85.4. The first-order valence-corrected chi connectivity index (χ1v) is 39.4. The van der Waals surface area contributed by atoms with E-state index in [-0.39, 0.29) is 13.2 Å². The molecule has 2 aromatic carbocycles. The molecule has 640 valence electrons. The molecule has 0 bridgehead atoms. The summed E-state index contributed by atoms with van der Waals surface area (Å²) in [6, 6.07) is 19.6. The van der Waals surface area contributed by atoms with E-state index >= 15 is 0 Å². The van der Waals surface area contributed by atoms with E-state index in [0.29, 0.717) is 394 Å². The standard InChI is InChI=1S/C60H122O31.C16H12N2S/c61-1-3-63-5-7-65-9-11-67-13-15-69-17-19-71-21-23-73-25-27-75-29-31-77-33-35-79-37-39-81-41-43-83-45-47-85-49-51-87-53-55-89-57-59-91-60-58-90-56-54-88-52-50-86-48-46-84-44-42-82-40-38-80-36-34-78-32-30-76-28-26-74-24-22-72-20-18-70-16-14-68-12-10-66-8-6-64-4-2-62;17-9-13-1-5-15(6-2-13)11-19-12-16-7-3-14(10-18)4-8-16/h61-62H,1-60H2;1-8H,11-12H2. The van der Waals surface area contributed by atoms with Crippen LogP contribution in [0.1, 0.15) is 22.3 Å². The predicted molar refractivity (Wildman–Crippen MR) is 405 cm³/mol. The first kappa shape index (κ1) is 105. The van der Waals surface area contributed by atoms with E-state index in [1.165, 1.54) is 11.1 Å². The molecule has 2 N–H and O–H groups in total. The summed E-state index contributed by atoms with van der Waals surface area (Å²) in [5, 5.41) is 34.7. The molecule has 0 unspecified atom stereocenters. The van der Waals surface area contributed by atoms with Gasteiger partial charge in [0.1, 0.15) is 0 Å². The molecule has 0 aliphatic rings. The van der Waals surface area contributed by atoms with E-state index in [4.69, 9.17) is 158 Å². The Morgan fingerprint density at radius 3 is 0.364 bits per heavy atom. The molecule has 0 aromatic heterocycles. The van der Waals surface area contributed by atoms with Gasteiger partial charge < -0.3 is 148 Å². The van der Waals surface area contributed by atoms with E-state index in [1.54, 1.807) is 0 Å². The van der Waals surface area contributed by atoms with Crippen molar-refractivity contribution in [2.75, 3.05) is 396 Å². The number of ether oxygens (including phenoxy) is 29. The van der Waals surface area contributed by atoms with Crippen molar-refractivity contribution in [3.63, 3.8) is 0 Å². The quantitative estimate of drug-likeness (QED) is 0.0897. The van der Waals surface area contributed by atoms with Crippen LogP contribution >= 0.6 is 11.8 Å². The van der Waals surface area contributed by atoms with Crippen molar-refractivity contribution in [2.24, 2.45) is 0 Å². The second kappa shape index (κ2) is 94.4. The fraction of sp³-hybridized carbons (Fsp3) is 0.816. The lowest BCUT2D eigenvalue weighted by molar-refractivity contribution is -0.0324. The summed E-state index contributed by atoms with van der Waals surface area (Å²) >= 11 is 1.82. The average Bonchev–Trinajstić information content (AvgIpc) is 0.913. The van der Waals surface area contributed by atoms with Crippen LogP contribution < -0.4 is 0 Å². The van der Waals surface area contributed by atoms with Crippen molar-refractivity contribution in [3.8, 4) is 12.1 Å². The molecule has 0 heterocycles. The number of nitrogens with zero attached hydrogens (tertiary/aromatic N) is 2. The Bertz CT molecular complexity index is 2010. The van der Waals surface area contributed by atoms with E-state index in [2.05, 4.69) is 12.1 Å². The van der Waals surface area contributed by atoms with Gasteiger partial charge in [0.15, 0.2) is 0 Å². The molecule has 0 aliphatic carbocycles. The summed E-state index contributed by atoms with van der Waals surface area (Å²) in [7, 11) is 0. The number of benzene rings is 2. The largest absolute Gasteiger partial charge is 0.394 e. The lowest BCUT2D eigenvalue weighted by Gasteiger charge is -2.09. The van der Waals surface area contributed by atoms with E-state index in [0.717, 1.165) is 11.5 Å². The van der Waals surface area contributed by atoms with Crippen LogP contribution in [0.3, 0.4) is 0 Å². The molecular formula is C76H134N2O31S. The van der Waals surface area contributed by atoms with Crippen molar-refractivity contribution < 1.29 is 148 Å². The number of hydrogen-bond donors (Lipinski definition) is 2. The molecule has 0 atom stereocenters. The molecular weight excluding hydrogens is 1470 g/mol. The molecule has 0 spiro atoms. The molecule has 0 saturated carbocycles. The summed E-state index contributed by atoms with van der Waals surface area (Å²) in [4.78, 5) is 0. The second-order valence-electron chi connectivity index (χ2n) is 22.3. The monoisotopic (exact) mass is 1600 g/mol. The molecule has 33 nitrogen and oxygen atoms in total. The molecule has 0 radical (unpaired) electrons. The topological polar surface area (TPSA) is 356 Å². The van der Waals surface area contributed by atoms with Gasteiger partial charge in [-0.2, -0.15) is 22.3 Å². The lowest BCUT2D eigenvalue weighted by atomic mass is 10.2. The summed E-state index contributed by atoms with van der Waals surface area (Å²) in [6.07, 6.45) is 0. The Morgan fingerprint density at radius 1 is 0.173 bits per heavy atom. The first-order valence-electron chi connectivity index (χ1n) is 38.3. The third-order valence-corrected chi connectivity index (χ3v) is 14.7. The lowest BCUT2D eigenvalue weighted by Crippen LogP contribution is -2.16. The van der Waals surface area contributed by atoms with Crippen molar-refractivity contribution >= 4 is 11.8 Å². The number of hydrogen-bond acceptors (Lipinski definition) is 34. The zero-order valence-corrected chi connectivity index (χ0v) is 66.3. The minimum Gasteiger partial charge on any atom is -0.394 e. The molecule has 110 heavy (non-hydrogen) atoms. The SMILES string of the molecule is N#Cc1ccc(CSCc2ccc(C#N)cc2)cc1.OCCOCCOCCOCCOCCOCCOCCOCCOCCOCCOCCOCCOCCOCCOCCOCCOCCOCCOCCOCCOCCOCCOCCOCCOCCOCCOCCOCCOCCOCCO. The molecule has 0 amide bonds. The Balaban J connectivity index is 0.00000273. The highest BCUT2D eigenvalue weighted by Crippen LogP contribution is 2.19. The molecule has 0 fully saturated rings. The Kier molecular flexibility index (Phi) is 89.7. The second-order valence-corrected chi connectivity index (χ2v) is 23.3. The van der Waals surface area contributed by atoms with Gasteiger partial charge >= 0.3 is 0 Å². The summed E-state index contributed by atoms with van der Waals surface area (Å²) in [6.45, 7) is 27.8. The van der Waals surface area contributed by atoms with Gasteiger partial charge in [-0.25, -0.2) is 0 Å². The Hall–Kier alpha value is -3.47. The third-order valence-electron chi connectivity index (χ3n) is 13.6. The van der Waals surface area contributed by atoms with Gasteiger partial charge in [0.25, 0.3) is 0 Å². The van der Waals surface area contributed by atoms with Crippen molar-refractivity contribution in [1.29, 1.82) is 10.5 Å². The van der Waals surface area contributed by atoms with Crippen molar-refractivity contribution in [2.45, 2.75) is 11.5 Å². The number of aliphatic hydroxyl groups excluding tert-OH is 2. The van der Waals surface area contributed by atoms with Gasteiger partial charge in [-0.1, -0.05) is 24.3 Å². The van der Waals surface area contributed by atoms with E-state index in [1.807, 2.05) is 60.3 Å². The number of rotatable bonds is 92. The average molecular weight is 1600 g/mol. The van der Waals surface area contributed by atoms with Gasteiger partial charge in [-0.15, -0.1) is 0 Å². The first-order chi connectivity index (χ1) is 54.7. The fourth-order valence-corrected chi connectivity index (χ4v) is 8.98. The number of aliphatic hydroxyl groups is 2. The molecule has 0 aliphatic heterocycles. The van der Waals surface area contributed by atoms with Gasteiger partial charge in [-0.05, 0) is 35.4 Å². The van der Waals surface area contributed by atoms with Crippen LogP contribution in [0.25, 0.3) is 0 Å².